The standard InChI is InChI=1S/C12H23NO2/c1-11(9-15-10-11)7-13-8-12(3-4-12)5-6-14-2/h13H,3-10H2,1-2H3. The van der Waals surface area contributed by atoms with Crippen molar-refractivity contribution in [3.8, 4) is 0 Å². The first-order valence-electron chi connectivity index (χ1n) is 5.96. The number of hydrogen-bond acceptors (Lipinski definition) is 3. The third-order valence-electron chi connectivity index (χ3n) is 3.75. The number of hydrogen-bond donors (Lipinski definition) is 1. The molecule has 0 aromatic heterocycles. The van der Waals surface area contributed by atoms with Crippen molar-refractivity contribution in [2.24, 2.45) is 10.8 Å². The molecule has 0 radical (unpaired) electrons. The van der Waals surface area contributed by atoms with Crippen molar-refractivity contribution in [1.82, 2.24) is 5.32 Å². The highest BCUT2D eigenvalue weighted by Gasteiger charge is 2.42. The van der Waals surface area contributed by atoms with E-state index in [-0.39, 0.29) is 0 Å². The minimum Gasteiger partial charge on any atom is -0.385 e. The molecule has 0 unspecified atom stereocenters. The molecule has 0 aromatic carbocycles. The van der Waals surface area contributed by atoms with Crippen LogP contribution in [-0.4, -0.2) is 40.0 Å². The van der Waals surface area contributed by atoms with Gasteiger partial charge in [-0.05, 0) is 24.7 Å². The largest absolute Gasteiger partial charge is 0.385 e. The van der Waals surface area contributed by atoms with Crippen molar-refractivity contribution in [3.63, 3.8) is 0 Å². The van der Waals surface area contributed by atoms with Gasteiger partial charge in [0.2, 0.25) is 0 Å². The average Bonchev–Trinajstić information content (AvgIpc) is 2.93. The van der Waals surface area contributed by atoms with Gasteiger partial charge in [0.25, 0.3) is 0 Å². The van der Waals surface area contributed by atoms with Crippen LogP contribution in [-0.2, 0) is 9.47 Å². The fourth-order valence-corrected chi connectivity index (χ4v) is 2.19. The summed E-state index contributed by atoms with van der Waals surface area (Å²) in [7, 11) is 1.79. The van der Waals surface area contributed by atoms with Crippen LogP contribution < -0.4 is 5.32 Å². The summed E-state index contributed by atoms with van der Waals surface area (Å²) >= 11 is 0. The highest BCUT2D eigenvalue weighted by molar-refractivity contribution is 4.95. The van der Waals surface area contributed by atoms with Gasteiger partial charge in [-0.1, -0.05) is 6.92 Å². The fraction of sp³-hybridized carbons (Fsp3) is 1.00. The summed E-state index contributed by atoms with van der Waals surface area (Å²) in [5.74, 6) is 0. The fourth-order valence-electron chi connectivity index (χ4n) is 2.19. The van der Waals surface area contributed by atoms with E-state index in [2.05, 4.69) is 12.2 Å². The van der Waals surface area contributed by atoms with Crippen LogP contribution in [0.1, 0.15) is 26.2 Å². The van der Waals surface area contributed by atoms with Crippen molar-refractivity contribution in [3.05, 3.63) is 0 Å². The first-order valence-corrected chi connectivity index (χ1v) is 5.96. The van der Waals surface area contributed by atoms with E-state index in [9.17, 15) is 0 Å². The molecular weight excluding hydrogens is 190 g/mol. The molecule has 1 aliphatic carbocycles. The van der Waals surface area contributed by atoms with E-state index in [4.69, 9.17) is 9.47 Å². The Balaban J connectivity index is 1.61. The predicted molar refractivity (Wildman–Crippen MR) is 60.0 cm³/mol. The first-order chi connectivity index (χ1) is 7.18. The zero-order chi connectivity index (χ0) is 10.8. The van der Waals surface area contributed by atoms with E-state index < -0.39 is 0 Å². The van der Waals surface area contributed by atoms with Crippen LogP contribution in [0.25, 0.3) is 0 Å². The molecule has 3 nitrogen and oxygen atoms in total. The maximum Gasteiger partial charge on any atom is 0.0554 e. The molecule has 1 saturated heterocycles. The molecule has 1 aliphatic heterocycles. The summed E-state index contributed by atoms with van der Waals surface area (Å²) in [6.45, 7) is 7.30. The van der Waals surface area contributed by atoms with Crippen LogP contribution in [0.4, 0.5) is 0 Å². The van der Waals surface area contributed by atoms with Crippen molar-refractivity contribution >= 4 is 0 Å². The van der Waals surface area contributed by atoms with Crippen molar-refractivity contribution in [2.75, 3.05) is 40.0 Å². The molecule has 0 bridgehead atoms. The van der Waals surface area contributed by atoms with Crippen LogP contribution >= 0.6 is 0 Å². The third kappa shape index (κ3) is 2.92. The van der Waals surface area contributed by atoms with E-state index in [1.807, 2.05) is 0 Å². The summed E-state index contributed by atoms with van der Waals surface area (Å²) < 4.78 is 10.4. The Morgan fingerprint density at radius 2 is 2.00 bits per heavy atom. The molecule has 0 spiro atoms. The summed E-state index contributed by atoms with van der Waals surface area (Å²) in [6, 6.07) is 0. The van der Waals surface area contributed by atoms with Crippen molar-refractivity contribution in [1.29, 1.82) is 0 Å². The second kappa shape index (κ2) is 4.40. The van der Waals surface area contributed by atoms with Gasteiger partial charge in [-0.25, -0.2) is 0 Å². The Kier molecular flexibility index (Phi) is 3.33. The quantitative estimate of drug-likeness (QED) is 0.694. The molecule has 88 valence electrons. The highest BCUT2D eigenvalue weighted by Crippen LogP contribution is 2.48. The molecule has 3 heteroatoms. The predicted octanol–water partition coefficient (Wildman–Crippen LogP) is 1.43. The SMILES string of the molecule is COCCC1(CNCC2(C)COC2)CC1. The Morgan fingerprint density at radius 3 is 2.47 bits per heavy atom. The van der Waals surface area contributed by atoms with Crippen LogP contribution in [0.15, 0.2) is 0 Å². The normalized spacial score (nSPS) is 26.0. The lowest BCUT2D eigenvalue weighted by atomic mass is 9.88. The van der Waals surface area contributed by atoms with Crippen LogP contribution in [0.5, 0.6) is 0 Å². The van der Waals surface area contributed by atoms with E-state index in [1.165, 1.54) is 19.3 Å². The highest BCUT2D eigenvalue weighted by atomic mass is 16.5. The van der Waals surface area contributed by atoms with Gasteiger partial charge in [-0.2, -0.15) is 0 Å². The Morgan fingerprint density at radius 1 is 1.27 bits per heavy atom. The lowest BCUT2D eigenvalue weighted by Gasteiger charge is -2.38. The molecule has 1 heterocycles. The lowest BCUT2D eigenvalue weighted by molar-refractivity contribution is -0.0993. The van der Waals surface area contributed by atoms with Crippen LogP contribution in [0.2, 0.25) is 0 Å². The molecule has 0 amide bonds. The van der Waals surface area contributed by atoms with Crippen LogP contribution in [0, 0.1) is 10.8 Å². The summed E-state index contributed by atoms with van der Waals surface area (Å²) in [4.78, 5) is 0. The molecule has 15 heavy (non-hydrogen) atoms. The smallest absolute Gasteiger partial charge is 0.0554 e. The van der Waals surface area contributed by atoms with E-state index in [0.29, 0.717) is 10.8 Å². The topological polar surface area (TPSA) is 30.5 Å². The van der Waals surface area contributed by atoms with Crippen molar-refractivity contribution < 1.29 is 9.47 Å². The number of ether oxygens (including phenoxy) is 2. The zero-order valence-corrected chi connectivity index (χ0v) is 9.97. The summed E-state index contributed by atoms with van der Waals surface area (Å²) in [6.07, 6.45) is 3.96. The van der Waals surface area contributed by atoms with Crippen molar-refractivity contribution in [2.45, 2.75) is 26.2 Å². The number of nitrogens with one attached hydrogen (secondary N) is 1. The van der Waals surface area contributed by atoms with E-state index >= 15 is 0 Å². The van der Waals surface area contributed by atoms with Gasteiger partial charge in [0.15, 0.2) is 0 Å². The van der Waals surface area contributed by atoms with Gasteiger partial charge in [0.05, 0.1) is 13.2 Å². The van der Waals surface area contributed by atoms with E-state index in [1.54, 1.807) is 7.11 Å². The molecular formula is C12H23NO2. The molecule has 2 fully saturated rings. The Hall–Kier alpha value is -0.120. The molecule has 2 aliphatic rings. The minimum absolute atomic E-state index is 0.400. The molecule has 0 aromatic rings. The molecule has 1 saturated carbocycles. The van der Waals surface area contributed by atoms with Gasteiger partial charge in [-0.3, -0.25) is 0 Å². The summed E-state index contributed by atoms with van der Waals surface area (Å²) in [5, 5.41) is 3.60. The van der Waals surface area contributed by atoms with E-state index in [0.717, 1.165) is 32.9 Å². The number of rotatable bonds is 7. The zero-order valence-electron chi connectivity index (χ0n) is 9.97. The molecule has 1 N–H and O–H groups in total. The summed E-state index contributed by atoms with van der Waals surface area (Å²) in [5.41, 5.74) is 0.967. The second-order valence-corrected chi connectivity index (χ2v) is 5.65. The Labute approximate surface area is 92.5 Å². The van der Waals surface area contributed by atoms with Gasteiger partial charge < -0.3 is 14.8 Å². The third-order valence-corrected chi connectivity index (χ3v) is 3.75. The maximum atomic E-state index is 5.24. The average molecular weight is 213 g/mol. The Bertz CT molecular complexity index is 210. The minimum atomic E-state index is 0.400. The van der Waals surface area contributed by atoms with Gasteiger partial charge >= 0.3 is 0 Å². The lowest BCUT2D eigenvalue weighted by Crippen LogP contribution is -2.48. The van der Waals surface area contributed by atoms with Gasteiger partial charge in [0, 0.05) is 32.2 Å². The first kappa shape index (κ1) is 11.4. The molecule has 2 rings (SSSR count). The number of methoxy groups -OCH3 is 1. The second-order valence-electron chi connectivity index (χ2n) is 5.65. The van der Waals surface area contributed by atoms with Gasteiger partial charge in [-0.15, -0.1) is 0 Å². The molecule has 0 atom stereocenters. The van der Waals surface area contributed by atoms with Gasteiger partial charge in [0.1, 0.15) is 0 Å². The van der Waals surface area contributed by atoms with Crippen LogP contribution in [0.3, 0.4) is 0 Å². The monoisotopic (exact) mass is 213 g/mol. The maximum absolute atomic E-state index is 5.24.